The summed E-state index contributed by atoms with van der Waals surface area (Å²) in [6.07, 6.45) is 70.5. The number of allylic oxidation sites excluding steroid dienone is 10. The Hall–Kier alpha value is -3.24. The van der Waals surface area contributed by atoms with Crippen LogP contribution in [0.1, 0.15) is 362 Å². The van der Waals surface area contributed by atoms with Crippen LogP contribution in [0, 0.1) is 0 Å². The molecular formula is C79H144O17P2. The van der Waals surface area contributed by atoms with Crippen molar-refractivity contribution in [1.82, 2.24) is 0 Å². The molecule has 0 heterocycles. The molecule has 5 unspecified atom stereocenters. The van der Waals surface area contributed by atoms with Gasteiger partial charge in [-0.15, -0.1) is 0 Å². The molecule has 3 N–H and O–H groups in total. The van der Waals surface area contributed by atoms with E-state index in [1.54, 1.807) is 0 Å². The predicted molar refractivity (Wildman–Crippen MR) is 400 cm³/mol. The topological polar surface area (TPSA) is 237 Å². The number of hydrogen-bond acceptors (Lipinski definition) is 15. The summed E-state index contributed by atoms with van der Waals surface area (Å²) in [5, 5.41) is 10.6. The number of aliphatic hydroxyl groups excluding tert-OH is 1. The third kappa shape index (κ3) is 71.2. The second kappa shape index (κ2) is 72.1. The van der Waals surface area contributed by atoms with Crippen molar-refractivity contribution < 1.29 is 80.2 Å². The molecule has 98 heavy (non-hydrogen) atoms. The van der Waals surface area contributed by atoms with Gasteiger partial charge < -0.3 is 33.8 Å². The average molecular weight is 1430 g/mol. The highest BCUT2D eigenvalue weighted by Crippen LogP contribution is 2.45. The highest BCUT2D eigenvalue weighted by molar-refractivity contribution is 7.47. The van der Waals surface area contributed by atoms with E-state index in [0.29, 0.717) is 25.7 Å². The maximum absolute atomic E-state index is 13.1. The number of unbranched alkanes of at least 4 members (excludes halogenated alkanes) is 39. The smallest absolute Gasteiger partial charge is 0.462 e. The standard InChI is InChI=1S/C79H144O17P2/c1-5-9-13-17-21-25-29-33-36-40-43-47-51-55-59-63-76(81)89-69-74(95-78(83)65-61-57-53-49-45-39-32-28-24-20-16-12-8-4)71-93-97(85,86)91-67-73(80)68-92-98(87,88)94-72-75(96-79(84)66-62-58-54-50-46-42-38-35-31-27-23-19-15-11-7-3)70-90-77(82)64-60-56-52-48-44-41-37-34-30-26-22-18-14-10-6-2/h22-23,26-27,33-38,73-75,80H,5-21,24-25,28-32,39-72H2,1-4H3,(H,85,86)(H,87,88). The fourth-order valence-corrected chi connectivity index (χ4v) is 12.4. The number of hydrogen-bond donors (Lipinski definition) is 3. The summed E-state index contributed by atoms with van der Waals surface area (Å²) < 4.78 is 68.5. The first kappa shape index (κ1) is 94.8. The zero-order chi connectivity index (χ0) is 71.8. The molecule has 0 radical (unpaired) electrons. The van der Waals surface area contributed by atoms with Crippen molar-refractivity contribution in [3.63, 3.8) is 0 Å². The molecule has 0 spiro atoms. The Balaban J connectivity index is 5.34. The van der Waals surface area contributed by atoms with Crippen LogP contribution in [0.15, 0.2) is 60.8 Å². The van der Waals surface area contributed by atoms with Crippen LogP contribution in [-0.2, 0) is 65.4 Å². The number of phosphoric acid groups is 2. The van der Waals surface area contributed by atoms with E-state index < -0.39 is 97.5 Å². The van der Waals surface area contributed by atoms with Crippen LogP contribution >= 0.6 is 15.6 Å². The lowest BCUT2D eigenvalue weighted by molar-refractivity contribution is -0.161. The molecule has 0 aromatic rings. The van der Waals surface area contributed by atoms with Gasteiger partial charge in [0.25, 0.3) is 0 Å². The van der Waals surface area contributed by atoms with E-state index in [4.69, 9.17) is 37.0 Å². The Morgan fingerprint density at radius 1 is 0.286 bits per heavy atom. The van der Waals surface area contributed by atoms with Crippen LogP contribution in [0.2, 0.25) is 0 Å². The minimum atomic E-state index is -4.98. The van der Waals surface area contributed by atoms with Crippen molar-refractivity contribution in [2.75, 3.05) is 39.6 Å². The van der Waals surface area contributed by atoms with Gasteiger partial charge in [0, 0.05) is 25.7 Å². The molecule has 5 atom stereocenters. The maximum atomic E-state index is 13.1. The number of phosphoric ester groups is 2. The van der Waals surface area contributed by atoms with Gasteiger partial charge in [0.05, 0.1) is 26.4 Å². The first-order valence-electron chi connectivity index (χ1n) is 39.5. The lowest BCUT2D eigenvalue weighted by atomic mass is 10.0. The molecule has 0 bridgehead atoms. The molecule has 19 heteroatoms. The zero-order valence-corrected chi connectivity index (χ0v) is 64.3. The number of esters is 4. The lowest BCUT2D eigenvalue weighted by Crippen LogP contribution is -2.30. The van der Waals surface area contributed by atoms with Crippen molar-refractivity contribution in [3.8, 4) is 0 Å². The van der Waals surface area contributed by atoms with E-state index in [-0.39, 0.29) is 25.7 Å². The van der Waals surface area contributed by atoms with E-state index in [9.17, 15) is 43.2 Å². The van der Waals surface area contributed by atoms with Crippen molar-refractivity contribution in [3.05, 3.63) is 60.8 Å². The third-order valence-corrected chi connectivity index (χ3v) is 18.9. The van der Waals surface area contributed by atoms with Crippen LogP contribution in [0.3, 0.4) is 0 Å². The Morgan fingerprint density at radius 3 is 0.786 bits per heavy atom. The second-order valence-corrected chi connectivity index (χ2v) is 29.6. The molecular weight excluding hydrogens is 1280 g/mol. The quantitative estimate of drug-likeness (QED) is 0.0169. The average Bonchev–Trinajstić information content (AvgIpc) is 1.04. The number of carbonyl (C=O) groups is 4. The summed E-state index contributed by atoms with van der Waals surface area (Å²) in [5.41, 5.74) is 0. The van der Waals surface area contributed by atoms with Crippen LogP contribution < -0.4 is 0 Å². The number of rotatable bonds is 75. The molecule has 0 saturated heterocycles. The summed E-state index contributed by atoms with van der Waals surface area (Å²) in [5.74, 6) is -2.18. The first-order valence-corrected chi connectivity index (χ1v) is 42.5. The van der Waals surface area contributed by atoms with Crippen molar-refractivity contribution in [1.29, 1.82) is 0 Å². The van der Waals surface area contributed by atoms with Gasteiger partial charge in [-0.3, -0.25) is 37.3 Å². The van der Waals surface area contributed by atoms with E-state index >= 15 is 0 Å². The minimum absolute atomic E-state index is 0.0792. The largest absolute Gasteiger partial charge is 0.472 e. The molecule has 17 nitrogen and oxygen atoms in total. The highest BCUT2D eigenvalue weighted by atomic mass is 31.2. The van der Waals surface area contributed by atoms with Gasteiger partial charge in [0.1, 0.15) is 19.3 Å². The van der Waals surface area contributed by atoms with Crippen molar-refractivity contribution >= 4 is 39.5 Å². The van der Waals surface area contributed by atoms with Gasteiger partial charge in [-0.25, -0.2) is 9.13 Å². The molecule has 0 aromatic carbocycles. The summed E-state index contributed by atoms with van der Waals surface area (Å²) >= 11 is 0. The molecule has 0 aliphatic carbocycles. The minimum Gasteiger partial charge on any atom is -0.462 e. The lowest BCUT2D eigenvalue weighted by Gasteiger charge is -2.21. The fourth-order valence-electron chi connectivity index (χ4n) is 10.9. The van der Waals surface area contributed by atoms with Gasteiger partial charge >= 0.3 is 39.5 Å². The van der Waals surface area contributed by atoms with Crippen LogP contribution in [0.25, 0.3) is 0 Å². The first-order chi connectivity index (χ1) is 47.7. The number of carbonyl (C=O) groups excluding carboxylic acids is 4. The molecule has 0 aliphatic heterocycles. The molecule has 0 amide bonds. The van der Waals surface area contributed by atoms with Crippen LogP contribution in [0.5, 0.6) is 0 Å². The summed E-state index contributed by atoms with van der Waals surface area (Å²) in [4.78, 5) is 72.9. The van der Waals surface area contributed by atoms with E-state index in [1.165, 1.54) is 128 Å². The monoisotopic (exact) mass is 1430 g/mol. The Bertz CT molecular complexity index is 2100. The van der Waals surface area contributed by atoms with Crippen LogP contribution in [-0.4, -0.2) is 96.7 Å². The predicted octanol–water partition coefficient (Wildman–Crippen LogP) is 22.7. The van der Waals surface area contributed by atoms with Gasteiger partial charge in [0.15, 0.2) is 12.2 Å². The summed E-state index contributed by atoms with van der Waals surface area (Å²) in [6.45, 7) is 4.84. The van der Waals surface area contributed by atoms with Gasteiger partial charge in [-0.05, 0) is 116 Å². The van der Waals surface area contributed by atoms with E-state index in [2.05, 4.69) is 88.5 Å². The molecule has 0 rings (SSSR count). The highest BCUT2D eigenvalue weighted by Gasteiger charge is 2.30. The Kier molecular flexibility index (Phi) is 69.7. The Labute approximate surface area is 597 Å². The van der Waals surface area contributed by atoms with E-state index in [1.807, 2.05) is 0 Å². The zero-order valence-electron chi connectivity index (χ0n) is 62.5. The number of ether oxygens (including phenoxy) is 4. The SMILES string of the molecule is CCCCCC=CCC=CCCCCCCCC(=O)OCC(COP(=O)(O)OCC(O)COP(=O)(O)OCC(COC(=O)CCCCCCCC=CCCCCCCCC)OC(=O)CCCCCCCCCCCCCCC)OC(=O)CCCCCCCC=CCC=CCCCCC. The summed E-state index contributed by atoms with van der Waals surface area (Å²) in [7, 11) is -9.94. The van der Waals surface area contributed by atoms with Crippen molar-refractivity contribution in [2.24, 2.45) is 0 Å². The molecule has 572 valence electrons. The number of aliphatic hydroxyl groups is 1. The van der Waals surface area contributed by atoms with Crippen molar-refractivity contribution in [2.45, 2.75) is 380 Å². The van der Waals surface area contributed by atoms with Gasteiger partial charge in [0.2, 0.25) is 0 Å². The molecule has 0 aromatic heterocycles. The third-order valence-electron chi connectivity index (χ3n) is 17.0. The van der Waals surface area contributed by atoms with Crippen LogP contribution in [0.4, 0.5) is 0 Å². The Morgan fingerprint density at radius 2 is 0.500 bits per heavy atom. The molecule has 0 aliphatic rings. The normalized spacial score (nSPS) is 14.2. The summed E-state index contributed by atoms with van der Waals surface area (Å²) in [6, 6.07) is 0. The van der Waals surface area contributed by atoms with Gasteiger partial charge in [-0.2, -0.15) is 0 Å². The second-order valence-electron chi connectivity index (χ2n) is 26.7. The molecule has 0 saturated carbocycles. The fraction of sp³-hybridized carbons (Fsp3) is 0.823. The van der Waals surface area contributed by atoms with Gasteiger partial charge in [-0.1, -0.05) is 281 Å². The van der Waals surface area contributed by atoms with E-state index in [0.717, 1.165) is 154 Å². The maximum Gasteiger partial charge on any atom is 0.472 e. The molecule has 0 fully saturated rings.